The average Bonchev–Trinajstić information content (AvgIpc) is 2.21. The zero-order chi connectivity index (χ0) is 10.5. The largest absolute Gasteiger partial charge is 0.447 e. The number of unbranched alkanes of at least 4 members (excludes halogenated alkanes) is 7. The highest BCUT2D eigenvalue weighted by molar-refractivity contribution is 4.84. The topological polar surface area (TPSA) is 9.23 Å². The quantitative estimate of drug-likeness (QED) is 0.398. The maximum Gasteiger partial charge on any atom is 0.109 e. The standard InChI is InChI=1S/C13H24O/c1-3-5-6-7-8-9-10-11-13-14-12-4-2/h3,5-11,13H2,1-2H3. The summed E-state index contributed by atoms with van der Waals surface area (Å²) in [5.41, 5.74) is 0. The fourth-order valence-electron chi connectivity index (χ4n) is 1.43. The molecule has 0 fully saturated rings. The van der Waals surface area contributed by atoms with Gasteiger partial charge in [0.15, 0.2) is 0 Å². The van der Waals surface area contributed by atoms with E-state index in [1.54, 1.807) is 6.92 Å². The Kier molecular flexibility index (Phi) is 11.8. The molecule has 0 spiro atoms. The Balaban J connectivity index is 2.87. The van der Waals surface area contributed by atoms with Crippen LogP contribution in [0.5, 0.6) is 0 Å². The number of rotatable bonds is 9. The maximum absolute atomic E-state index is 5.07. The first-order valence-corrected chi connectivity index (χ1v) is 5.95. The molecule has 0 bridgehead atoms. The van der Waals surface area contributed by atoms with Crippen LogP contribution >= 0.6 is 0 Å². The molecule has 0 saturated carbocycles. The first-order chi connectivity index (χ1) is 6.91. The Labute approximate surface area is 89.2 Å². The molecular formula is C13H24O. The molecule has 82 valence electrons. The molecule has 0 aromatic carbocycles. The highest BCUT2D eigenvalue weighted by Crippen LogP contribution is 2.08. The molecule has 0 heterocycles. The van der Waals surface area contributed by atoms with Crippen LogP contribution in [0.2, 0.25) is 0 Å². The van der Waals surface area contributed by atoms with Crippen LogP contribution in [0.1, 0.15) is 65.2 Å². The van der Waals surface area contributed by atoms with Gasteiger partial charge in [-0.05, 0) is 6.42 Å². The molecule has 1 heteroatoms. The lowest BCUT2D eigenvalue weighted by Crippen LogP contribution is -1.88. The third kappa shape index (κ3) is 11.4. The summed E-state index contributed by atoms with van der Waals surface area (Å²) >= 11 is 0. The van der Waals surface area contributed by atoms with Crippen LogP contribution < -0.4 is 0 Å². The molecule has 0 radical (unpaired) electrons. The van der Waals surface area contributed by atoms with E-state index in [-0.39, 0.29) is 0 Å². The molecule has 0 aliphatic rings. The molecule has 0 amide bonds. The zero-order valence-electron chi connectivity index (χ0n) is 9.77. The normalized spacial score (nSPS) is 9.29. The SMILES string of the molecule is CC#COCCCCCCCCCC. The van der Waals surface area contributed by atoms with Gasteiger partial charge in [-0.25, -0.2) is 0 Å². The second-order valence-electron chi connectivity index (χ2n) is 3.68. The Morgan fingerprint density at radius 3 is 2.00 bits per heavy atom. The number of hydrogen-bond donors (Lipinski definition) is 0. The molecule has 0 atom stereocenters. The summed E-state index contributed by atoms with van der Waals surface area (Å²) in [5.74, 6) is 2.72. The molecule has 14 heavy (non-hydrogen) atoms. The van der Waals surface area contributed by atoms with Gasteiger partial charge in [0.1, 0.15) is 12.7 Å². The van der Waals surface area contributed by atoms with Crippen LogP contribution in [0.4, 0.5) is 0 Å². The van der Waals surface area contributed by atoms with Crippen LogP contribution in [-0.4, -0.2) is 6.61 Å². The molecule has 0 aromatic heterocycles. The third-order valence-electron chi connectivity index (χ3n) is 2.27. The van der Waals surface area contributed by atoms with E-state index in [9.17, 15) is 0 Å². The van der Waals surface area contributed by atoms with Gasteiger partial charge in [0.05, 0.1) is 0 Å². The maximum atomic E-state index is 5.07. The van der Waals surface area contributed by atoms with Crippen LogP contribution in [0, 0.1) is 12.0 Å². The molecular weight excluding hydrogens is 172 g/mol. The molecule has 0 aromatic rings. The van der Waals surface area contributed by atoms with Crippen molar-refractivity contribution >= 4 is 0 Å². The van der Waals surface area contributed by atoms with Gasteiger partial charge in [-0.3, -0.25) is 0 Å². The van der Waals surface area contributed by atoms with Crippen molar-refractivity contribution in [3.63, 3.8) is 0 Å². The Bertz CT molecular complexity index is 152. The van der Waals surface area contributed by atoms with Gasteiger partial charge in [-0.15, -0.1) is 0 Å². The number of hydrogen-bond acceptors (Lipinski definition) is 1. The summed E-state index contributed by atoms with van der Waals surface area (Å²) in [5, 5.41) is 0. The number of ether oxygens (including phenoxy) is 1. The lowest BCUT2D eigenvalue weighted by molar-refractivity contribution is 0.266. The van der Waals surface area contributed by atoms with E-state index in [4.69, 9.17) is 4.74 Å². The fraction of sp³-hybridized carbons (Fsp3) is 0.846. The van der Waals surface area contributed by atoms with Gasteiger partial charge in [-0.1, -0.05) is 57.8 Å². The highest BCUT2D eigenvalue weighted by Gasteiger charge is 1.90. The van der Waals surface area contributed by atoms with Gasteiger partial charge in [-0.2, -0.15) is 0 Å². The monoisotopic (exact) mass is 196 g/mol. The summed E-state index contributed by atoms with van der Waals surface area (Å²) in [4.78, 5) is 0. The van der Waals surface area contributed by atoms with E-state index < -0.39 is 0 Å². The van der Waals surface area contributed by atoms with Gasteiger partial charge >= 0.3 is 0 Å². The van der Waals surface area contributed by atoms with Crippen LogP contribution in [0.3, 0.4) is 0 Å². The molecule has 0 saturated heterocycles. The Morgan fingerprint density at radius 2 is 1.43 bits per heavy atom. The van der Waals surface area contributed by atoms with E-state index in [0.29, 0.717) is 0 Å². The zero-order valence-corrected chi connectivity index (χ0v) is 9.77. The van der Waals surface area contributed by atoms with Gasteiger partial charge < -0.3 is 4.74 Å². The van der Waals surface area contributed by atoms with Crippen molar-refractivity contribution in [2.45, 2.75) is 65.2 Å². The van der Waals surface area contributed by atoms with Crippen molar-refractivity contribution in [2.75, 3.05) is 6.61 Å². The smallest absolute Gasteiger partial charge is 0.109 e. The van der Waals surface area contributed by atoms with Crippen molar-refractivity contribution in [3.05, 3.63) is 0 Å². The van der Waals surface area contributed by atoms with Crippen molar-refractivity contribution in [1.82, 2.24) is 0 Å². The minimum absolute atomic E-state index is 0.801. The molecule has 0 unspecified atom stereocenters. The van der Waals surface area contributed by atoms with Gasteiger partial charge in [0.2, 0.25) is 0 Å². The van der Waals surface area contributed by atoms with E-state index in [0.717, 1.165) is 13.0 Å². The lowest BCUT2D eigenvalue weighted by Gasteiger charge is -2.00. The summed E-state index contributed by atoms with van der Waals surface area (Å²) < 4.78 is 5.07. The molecule has 1 nitrogen and oxygen atoms in total. The van der Waals surface area contributed by atoms with E-state index >= 15 is 0 Å². The predicted molar refractivity (Wildman–Crippen MR) is 62.0 cm³/mol. The predicted octanol–water partition coefficient (Wildman–Crippen LogP) is 4.12. The van der Waals surface area contributed by atoms with Crippen molar-refractivity contribution in [3.8, 4) is 12.0 Å². The van der Waals surface area contributed by atoms with Crippen LogP contribution in [-0.2, 0) is 4.74 Å². The molecule has 0 aliphatic heterocycles. The summed E-state index contributed by atoms with van der Waals surface area (Å²) in [7, 11) is 0. The second kappa shape index (κ2) is 12.4. The first kappa shape index (κ1) is 13.4. The van der Waals surface area contributed by atoms with Gasteiger partial charge in [0, 0.05) is 6.92 Å². The molecule has 0 aliphatic carbocycles. The summed E-state index contributed by atoms with van der Waals surface area (Å²) in [6, 6.07) is 0. The Morgan fingerprint density at radius 1 is 0.857 bits per heavy atom. The van der Waals surface area contributed by atoms with Crippen LogP contribution in [0.25, 0.3) is 0 Å². The first-order valence-electron chi connectivity index (χ1n) is 5.95. The van der Waals surface area contributed by atoms with E-state index in [1.165, 1.54) is 44.9 Å². The minimum Gasteiger partial charge on any atom is -0.447 e. The summed E-state index contributed by atoms with van der Waals surface area (Å²) in [6.45, 7) is 4.86. The van der Waals surface area contributed by atoms with Crippen molar-refractivity contribution in [2.24, 2.45) is 0 Å². The molecule has 0 rings (SSSR count). The van der Waals surface area contributed by atoms with Crippen molar-refractivity contribution in [1.29, 1.82) is 0 Å². The fourth-order valence-corrected chi connectivity index (χ4v) is 1.43. The minimum atomic E-state index is 0.801. The lowest BCUT2D eigenvalue weighted by atomic mass is 10.1. The molecule has 0 N–H and O–H groups in total. The van der Waals surface area contributed by atoms with Crippen molar-refractivity contribution < 1.29 is 4.74 Å². The second-order valence-corrected chi connectivity index (χ2v) is 3.68. The highest BCUT2D eigenvalue weighted by atomic mass is 16.5. The average molecular weight is 196 g/mol. The third-order valence-corrected chi connectivity index (χ3v) is 2.27. The van der Waals surface area contributed by atoms with Gasteiger partial charge in [0.25, 0.3) is 0 Å². The summed E-state index contributed by atoms with van der Waals surface area (Å²) in [6.07, 6.45) is 13.4. The Hall–Kier alpha value is -0.640. The van der Waals surface area contributed by atoms with Crippen LogP contribution in [0.15, 0.2) is 0 Å². The van der Waals surface area contributed by atoms with E-state index in [1.807, 2.05) is 0 Å². The van der Waals surface area contributed by atoms with E-state index in [2.05, 4.69) is 19.0 Å².